The molecule has 0 aliphatic heterocycles. The summed E-state index contributed by atoms with van der Waals surface area (Å²) in [5, 5.41) is 7.01. The van der Waals surface area contributed by atoms with Gasteiger partial charge in [0.05, 0.1) is 6.54 Å². The first-order chi connectivity index (χ1) is 13.7. The number of rotatable bonds is 12. The van der Waals surface area contributed by atoms with E-state index in [0.717, 1.165) is 51.7 Å². The van der Waals surface area contributed by atoms with Crippen LogP contribution in [0.5, 0.6) is 0 Å². The highest BCUT2D eigenvalue weighted by atomic mass is 16.5. The molecule has 1 aromatic rings. The van der Waals surface area contributed by atoms with Gasteiger partial charge in [0.25, 0.3) is 0 Å². The lowest BCUT2D eigenvalue weighted by atomic mass is 9.67. The fourth-order valence-electron chi connectivity index (χ4n) is 3.84. The maximum absolute atomic E-state index is 5.32. The fourth-order valence-corrected chi connectivity index (χ4v) is 3.84. The molecular weight excluding hydrogens is 348 g/mol. The summed E-state index contributed by atoms with van der Waals surface area (Å²) < 4.78 is 5.32. The molecule has 0 bridgehead atoms. The second-order valence-corrected chi connectivity index (χ2v) is 7.88. The number of benzene rings is 1. The molecule has 28 heavy (non-hydrogen) atoms. The van der Waals surface area contributed by atoms with Gasteiger partial charge >= 0.3 is 0 Å². The summed E-state index contributed by atoms with van der Waals surface area (Å²) in [6, 6.07) is 8.69. The third kappa shape index (κ3) is 6.78. The van der Waals surface area contributed by atoms with Crippen LogP contribution in [-0.4, -0.2) is 50.8 Å². The summed E-state index contributed by atoms with van der Waals surface area (Å²) in [6.07, 6.45) is 5.03. The summed E-state index contributed by atoms with van der Waals surface area (Å²) in [6.45, 7) is 13.1. The van der Waals surface area contributed by atoms with Crippen LogP contribution in [-0.2, 0) is 17.8 Å². The summed E-state index contributed by atoms with van der Waals surface area (Å²) in [5.41, 5.74) is 3.07. The Kier molecular flexibility index (Phi) is 9.79. The molecule has 0 saturated heterocycles. The number of hydrogen-bond acceptors (Lipinski definition) is 3. The minimum atomic E-state index is 0.382. The minimum absolute atomic E-state index is 0.382. The summed E-state index contributed by atoms with van der Waals surface area (Å²) in [5.74, 6) is 0.920. The van der Waals surface area contributed by atoms with Crippen LogP contribution in [0.15, 0.2) is 29.3 Å². The third-order valence-corrected chi connectivity index (χ3v) is 6.04. The van der Waals surface area contributed by atoms with E-state index in [0.29, 0.717) is 12.0 Å². The van der Waals surface area contributed by atoms with E-state index in [1.165, 1.54) is 30.4 Å². The van der Waals surface area contributed by atoms with Crippen molar-refractivity contribution in [1.29, 1.82) is 0 Å². The number of methoxy groups -OCH3 is 1. The molecule has 158 valence electrons. The van der Waals surface area contributed by atoms with Crippen LogP contribution in [0.3, 0.4) is 0 Å². The summed E-state index contributed by atoms with van der Waals surface area (Å²) >= 11 is 0. The monoisotopic (exact) mass is 388 g/mol. The standard InChI is InChI=1S/C23H40N4O/c1-5-24-22(26-19-23(13-10-14-23)15-16-28-4)25-17-20-11-8-9-12-21(20)18-27(6-2)7-3/h8-9,11-12H,5-7,10,13-19H2,1-4H3,(H2,24,25,26). The molecular formula is C23H40N4O. The van der Waals surface area contributed by atoms with E-state index in [9.17, 15) is 0 Å². The summed E-state index contributed by atoms with van der Waals surface area (Å²) in [7, 11) is 1.79. The van der Waals surface area contributed by atoms with Crippen LogP contribution in [0.1, 0.15) is 57.6 Å². The molecule has 5 nitrogen and oxygen atoms in total. The maximum atomic E-state index is 5.32. The van der Waals surface area contributed by atoms with Gasteiger partial charge in [-0.1, -0.05) is 44.5 Å². The van der Waals surface area contributed by atoms with Crippen LogP contribution in [0.4, 0.5) is 0 Å². The van der Waals surface area contributed by atoms with Crippen molar-refractivity contribution in [2.24, 2.45) is 10.4 Å². The smallest absolute Gasteiger partial charge is 0.191 e. The van der Waals surface area contributed by atoms with Gasteiger partial charge in [-0.2, -0.15) is 0 Å². The highest BCUT2D eigenvalue weighted by Crippen LogP contribution is 2.43. The van der Waals surface area contributed by atoms with Gasteiger partial charge in [0, 0.05) is 33.4 Å². The quantitative estimate of drug-likeness (QED) is 0.422. The molecule has 2 rings (SSSR count). The Labute approximate surface area is 171 Å². The van der Waals surface area contributed by atoms with Gasteiger partial charge in [-0.15, -0.1) is 0 Å². The normalized spacial score (nSPS) is 16.1. The number of aliphatic imine (C=N–C) groups is 1. The lowest BCUT2D eigenvalue weighted by Gasteiger charge is -2.42. The average molecular weight is 389 g/mol. The van der Waals surface area contributed by atoms with E-state index in [2.05, 4.69) is 60.6 Å². The zero-order chi connectivity index (χ0) is 20.2. The topological polar surface area (TPSA) is 48.9 Å². The van der Waals surface area contributed by atoms with Crippen molar-refractivity contribution in [3.8, 4) is 0 Å². The van der Waals surface area contributed by atoms with Crippen molar-refractivity contribution < 1.29 is 4.74 Å². The molecule has 2 N–H and O–H groups in total. The van der Waals surface area contributed by atoms with Gasteiger partial charge < -0.3 is 15.4 Å². The van der Waals surface area contributed by atoms with E-state index >= 15 is 0 Å². The first kappa shape index (κ1) is 22.7. The minimum Gasteiger partial charge on any atom is -0.385 e. The van der Waals surface area contributed by atoms with Crippen LogP contribution < -0.4 is 10.6 Å². The van der Waals surface area contributed by atoms with Crippen LogP contribution in [0.25, 0.3) is 0 Å². The fraction of sp³-hybridized carbons (Fsp3) is 0.696. The van der Waals surface area contributed by atoms with E-state index in [-0.39, 0.29) is 0 Å². The van der Waals surface area contributed by atoms with Crippen molar-refractivity contribution in [2.75, 3.05) is 39.9 Å². The molecule has 0 amide bonds. The van der Waals surface area contributed by atoms with Crippen molar-refractivity contribution in [3.05, 3.63) is 35.4 Å². The molecule has 1 fully saturated rings. The molecule has 1 saturated carbocycles. The van der Waals surface area contributed by atoms with Gasteiger partial charge in [0.15, 0.2) is 5.96 Å². The van der Waals surface area contributed by atoms with Gasteiger partial charge in [0.1, 0.15) is 0 Å². The number of guanidine groups is 1. The molecule has 0 unspecified atom stereocenters. The third-order valence-electron chi connectivity index (χ3n) is 6.04. The number of nitrogens with one attached hydrogen (secondary N) is 2. The lowest BCUT2D eigenvalue weighted by molar-refractivity contribution is 0.0732. The molecule has 0 atom stereocenters. The second-order valence-electron chi connectivity index (χ2n) is 7.88. The predicted molar refractivity (Wildman–Crippen MR) is 119 cm³/mol. The number of ether oxygens (including phenoxy) is 1. The zero-order valence-corrected chi connectivity index (χ0v) is 18.4. The molecule has 0 aromatic heterocycles. The Bertz CT molecular complexity index is 594. The van der Waals surface area contributed by atoms with E-state index < -0.39 is 0 Å². The molecule has 0 spiro atoms. The summed E-state index contributed by atoms with van der Waals surface area (Å²) in [4.78, 5) is 7.34. The van der Waals surface area contributed by atoms with Gasteiger partial charge in [-0.3, -0.25) is 4.90 Å². The molecule has 0 heterocycles. The SMILES string of the molecule is CCNC(=NCc1ccccc1CN(CC)CC)NCC1(CCOC)CCC1. The first-order valence-corrected chi connectivity index (χ1v) is 11.0. The molecule has 1 aliphatic rings. The Morgan fingerprint density at radius 3 is 2.39 bits per heavy atom. The molecule has 5 heteroatoms. The predicted octanol–water partition coefficient (Wildman–Crippen LogP) is 3.79. The largest absolute Gasteiger partial charge is 0.385 e. The molecule has 0 radical (unpaired) electrons. The van der Waals surface area contributed by atoms with Gasteiger partial charge in [-0.05, 0) is 55.8 Å². The van der Waals surface area contributed by atoms with Crippen molar-refractivity contribution >= 4 is 5.96 Å². The zero-order valence-electron chi connectivity index (χ0n) is 18.4. The van der Waals surface area contributed by atoms with E-state index in [4.69, 9.17) is 9.73 Å². The molecule has 1 aromatic carbocycles. The number of hydrogen-bond donors (Lipinski definition) is 2. The van der Waals surface area contributed by atoms with Gasteiger partial charge in [-0.25, -0.2) is 4.99 Å². The van der Waals surface area contributed by atoms with Gasteiger partial charge in [0.2, 0.25) is 0 Å². The van der Waals surface area contributed by atoms with Crippen molar-refractivity contribution in [1.82, 2.24) is 15.5 Å². The van der Waals surface area contributed by atoms with Crippen LogP contribution in [0.2, 0.25) is 0 Å². The molecule has 1 aliphatic carbocycles. The Morgan fingerprint density at radius 2 is 1.82 bits per heavy atom. The highest BCUT2D eigenvalue weighted by molar-refractivity contribution is 5.79. The lowest BCUT2D eigenvalue weighted by Crippen LogP contribution is -2.47. The van der Waals surface area contributed by atoms with Crippen LogP contribution >= 0.6 is 0 Å². The van der Waals surface area contributed by atoms with E-state index in [1.807, 2.05) is 0 Å². The first-order valence-electron chi connectivity index (χ1n) is 11.0. The maximum Gasteiger partial charge on any atom is 0.191 e. The van der Waals surface area contributed by atoms with Crippen molar-refractivity contribution in [2.45, 2.75) is 59.5 Å². The average Bonchev–Trinajstić information content (AvgIpc) is 2.69. The number of nitrogens with zero attached hydrogens (tertiary/aromatic N) is 2. The Morgan fingerprint density at radius 1 is 1.11 bits per heavy atom. The van der Waals surface area contributed by atoms with Crippen LogP contribution in [0, 0.1) is 5.41 Å². The second kappa shape index (κ2) is 12.1. The van der Waals surface area contributed by atoms with E-state index in [1.54, 1.807) is 7.11 Å². The van der Waals surface area contributed by atoms with Crippen molar-refractivity contribution in [3.63, 3.8) is 0 Å². The highest BCUT2D eigenvalue weighted by Gasteiger charge is 2.36. The Hall–Kier alpha value is -1.59. The Balaban J connectivity index is 2.00.